The number of nitro benzene ring substituents is 1. The van der Waals surface area contributed by atoms with Crippen LogP contribution in [0.25, 0.3) is 0 Å². The van der Waals surface area contributed by atoms with Gasteiger partial charge in [-0.25, -0.2) is 0 Å². The summed E-state index contributed by atoms with van der Waals surface area (Å²) in [6, 6.07) is 15.5. The first-order valence-electron chi connectivity index (χ1n) is 8.01. The normalized spacial score (nSPS) is 15.6. The first kappa shape index (κ1) is 15.5. The molecule has 2 aromatic rings. The van der Waals surface area contributed by atoms with Gasteiger partial charge in [0.15, 0.2) is 0 Å². The quantitative estimate of drug-likeness (QED) is 0.692. The molecule has 0 bridgehead atoms. The van der Waals surface area contributed by atoms with Crippen molar-refractivity contribution in [2.24, 2.45) is 0 Å². The monoisotopic (exact) mass is 312 g/mol. The second-order valence-electron chi connectivity index (χ2n) is 6.09. The van der Waals surface area contributed by atoms with E-state index in [0.29, 0.717) is 0 Å². The molecule has 1 heterocycles. The highest BCUT2D eigenvalue weighted by molar-refractivity contribution is 5.63. The molecule has 0 aliphatic carbocycles. The number of nitro groups is 1. The Morgan fingerprint density at radius 2 is 1.74 bits per heavy atom. The molecule has 1 aliphatic rings. The van der Waals surface area contributed by atoms with Crippen LogP contribution >= 0.6 is 0 Å². The summed E-state index contributed by atoms with van der Waals surface area (Å²) in [4.78, 5) is 14.6. The van der Waals surface area contributed by atoms with E-state index < -0.39 is 0 Å². The maximum atomic E-state index is 11.2. The van der Waals surface area contributed by atoms with Gasteiger partial charge in [-0.15, -0.1) is 0 Å². The molecular formula is C18H22N3O2+. The number of nitrogens with one attached hydrogen (secondary N) is 1. The number of benzene rings is 2. The molecule has 5 heteroatoms. The minimum atomic E-state index is -0.290. The van der Waals surface area contributed by atoms with Crippen molar-refractivity contribution in [3.05, 3.63) is 69.8 Å². The molecule has 1 N–H and O–H groups in total. The Morgan fingerprint density at radius 1 is 1.09 bits per heavy atom. The summed E-state index contributed by atoms with van der Waals surface area (Å²) < 4.78 is 0. The van der Waals surface area contributed by atoms with Gasteiger partial charge in [0.2, 0.25) is 0 Å². The first-order valence-corrected chi connectivity index (χ1v) is 8.01. The summed E-state index contributed by atoms with van der Waals surface area (Å²) in [6.07, 6.45) is 0. The van der Waals surface area contributed by atoms with Crippen molar-refractivity contribution >= 4 is 11.4 Å². The minimum Gasteiger partial charge on any atom is -0.355 e. The summed E-state index contributed by atoms with van der Waals surface area (Å²) >= 11 is 0. The number of quaternary nitrogens is 1. The number of para-hydroxylation sites is 2. The lowest BCUT2D eigenvalue weighted by Crippen LogP contribution is -3.13. The fourth-order valence-electron chi connectivity index (χ4n) is 3.20. The highest BCUT2D eigenvalue weighted by atomic mass is 16.6. The minimum absolute atomic E-state index is 0.204. The van der Waals surface area contributed by atoms with Crippen LogP contribution in [0.3, 0.4) is 0 Å². The van der Waals surface area contributed by atoms with Gasteiger partial charge in [-0.2, -0.15) is 0 Å². The van der Waals surface area contributed by atoms with Gasteiger partial charge >= 0.3 is 0 Å². The Labute approximate surface area is 136 Å². The summed E-state index contributed by atoms with van der Waals surface area (Å²) in [6.45, 7) is 6.88. The predicted molar refractivity (Wildman–Crippen MR) is 90.9 cm³/mol. The van der Waals surface area contributed by atoms with Gasteiger partial charge in [-0.3, -0.25) is 10.1 Å². The molecule has 0 radical (unpaired) electrons. The second kappa shape index (κ2) is 6.79. The molecule has 23 heavy (non-hydrogen) atoms. The molecule has 1 saturated heterocycles. The van der Waals surface area contributed by atoms with Crippen LogP contribution in [-0.4, -0.2) is 31.1 Å². The predicted octanol–water partition coefficient (Wildman–Crippen LogP) is 1.81. The van der Waals surface area contributed by atoms with Crippen LogP contribution in [0.4, 0.5) is 11.4 Å². The molecule has 0 aromatic heterocycles. The lowest BCUT2D eigenvalue weighted by Gasteiger charge is -2.33. The summed E-state index contributed by atoms with van der Waals surface area (Å²) in [5.41, 5.74) is 3.67. The average molecular weight is 312 g/mol. The Morgan fingerprint density at radius 3 is 2.43 bits per heavy atom. The molecule has 2 aromatic carbocycles. The van der Waals surface area contributed by atoms with E-state index in [2.05, 4.69) is 36.1 Å². The molecule has 1 fully saturated rings. The highest BCUT2D eigenvalue weighted by Gasteiger charge is 2.25. The Balaban J connectivity index is 1.65. The van der Waals surface area contributed by atoms with Gasteiger partial charge in [0, 0.05) is 11.6 Å². The van der Waals surface area contributed by atoms with Crippen LogP contribution in [0.5, 0.6) is 0 Å². The van der Waals surface area contributed by atoms with Crippen molar-refractivity contribution in [2.75, 3.05) is 31.1 Å². The number of hydrogen-bond acceptors (Lipinski definition) is 3. The fourth-order valence-corrected chi connectivity index (χ4v) is 3.20. The van der Waals surface area contributed by atoms with Gasteiger partial charge in [-0.1, -0.05) is 36.4 Å². The summed E-state index contributed by atoms with van der Waals surface area (Å²) in [7, 11) is 0. The van der Waals surface area contributed by atoms with Gasteiger partial charge < -0.3 is 9.80 Å². The van der Waals surface area contributed by atoms with Crippen LogP contribution < -0.4 is 9.80 Å². The fraction of sp³-hybridized carbons (Fsp3) is 0.333. The third kappa shape index (κ3) is 3.51. The number of piperazine rings is 1. The molecular weight excluding hydrogens is 290 g/mol. The van der Waals surface area contributed by atoms with Crippen LogP contribution in [0.1, 0.15) is 11.1 Å². The van der Waals surface area contributed by atoms with E-state index in [4.69, 9.17) is 0 Å². The molecule has 0 saturated carbocycles. The second-order valence-corrected chi connectivity index (χ2v) is 6.09. The summed E-state index contributed by atoms with van der Waals surface area (Å²) in [5, 5.41) is 11.2. The van der Waals surface area contributed by atoms with Crippen molar-refractivity contribution in [3.8, 4) is 0 Å². The largest absolute Gasteiger partial charge is 0.355 e. The average Bonchev–Trinajstić information content (AvgIpc) is 2.58. The zero-order chi connectivity index (χ0) is 16.2. The van der Waals surface area contributed by atoms with E-state index in [0.717, 1.165) is 38.4 Å². The number of anilines is 1. The van der Waals surface area contributed by atoms with Crippen molar-refractivity contribution in [2.45, 2.75) is 13.5 Å². The lowest BCUT2D eigenvalue weighted by atomic mass is 10.1. The zero-order valence-electron chi connectivity index (χ0n) is 13.4. The van der Waals surface area contributed by atoms with Gasteiger partial charge in [0.1, 0.15) is 12.2 Å². The van der Waals surface area contributed by atoms with Crippen molar-refractivity contribution in [3.63, 3.8) is 0 Å². The van der Waals surface area contributed by atoms with Gasteiger partial charge in [-0.05, 0) is 18.6 Å². The van der Waals surface area contributed by atoms with Crippen LogP contribution in [0.15, 0.2) is 48.5 Å². The molecule has 5 nitrogen and oxygen atoms in total. The van der Waals surface area contributed by atoms with Crippen molar-refractivity contribution in [1.82, 2.24) is 0 Å². The van der Waals surface area contributed by atoms with Crippen molar-refractivity contribution in [1.29, 1.82) is 0 Å². The third-order valence-corrected chi connectivity index (χ3v) is 4.59. The van der Waals surface area contributed by atoms with Gasteiger partial charge in [0.25, 0.3) is 5.69 Å². The molecule has 0 atom stereocenters. The maximum absolute atomic E-state index is 11.2. The van der Waals surface area contributed by atoms with Crippen LogP contribution in [0, 0.1) is 17.0 Å². The molecule has 0 spiro atoms. The molecule has 0 unspecified atom stereocenters. The third-order valence-electron chi connectivity index (χ3n) is 4.59. The first-order chi connectivity index (χ1) is 11.1. The Bertz CT molecular complexity index is 694. The molecule has 3 rings (SSSR count). The molecule has 1 aliphatic heterocycles. The smallest absolute Gasteiger partial charge is 0.292 e. The topological polar surface area (TPSA) is 50.8 Å². The van der Waals surface area contributed by atoms with Crippen LogP contribution in [0.2, 0.25) is 0 Å². The van der Waals surface area contributed by atoms with E-state index in [1.54, 1.807) is 12.1 Å². The number of aryl methyl sites for hydroxylation is 1. The summed E-state index contributed by atoms with van der Waals surface area (Å²) in [5.74, 6) is 0. The van der Waals surface area contributed by atoms with Crippen molar-refractivity contribution < 1.29 is 9.82 Å². The van der Waals surface area contributed by atoms with E-state index in [1.807, 2.05) is 12.1 Å². The van der Waals surface area contributed by atoms with E-state index in [1.165, 1.54) is 16.0 Å². The maximum Gasteiger partial charge on any atom is 0.292 e. The standard InChI is InChI=1S/C18H21N3O2/c1-15-6-2-3-7-16(15)14-19-10-12-20(13-11-19)17-8-4-5-9-18(17)21(22)23/h2-9H,10-14H2,1H3/p+1. The van der Waals surface area contributed by atoms with E-state index >= 15 is 0 Å². The van der Waals surface area contributed by atoms with Crippen LogP contribution in [-0.2, 0) is 6.54 Å². The SMILES string of the molecule is Cc1ccccc1C[NH+]1CCN(c2ccccc2[N+](=O)[O-])CC1. The Kier molecular flexibility index (Phi) is 4.57. The molecule has 0 amide bonds. The number of nitrogens with zero attached hydrogens (tertiary/aromatic N) is 2. The highest BCUT2D eigenvalue weighted by Crippen LogP contribution is 2.27. The number of hydrogen-bond donors (Lipinski definition) is 1. The molecule has 120 valence electrons. The van der Waals surface area contributed by atoms with E-state index in [9.17, 15) is 10.1 Å². The van der Waals surface area contributed by atoms with E-state index in [-0.39, 0.29) is 10.6 Å². The lowest BCUT2D eigenvalue weighted by molar-refractivity contribution is -0.914. The number of rotatable bonds is 4. The van der Waals surface area contributed by atoms with Gasteiger partial charge in [0.05, 0.1) is 31.1 Å². The Hall–Kier alpha value is -2.40. The zero-order valence-corrected chi connectivity index (χ0v) is 13.4.